The molecule has 1 N–H and O–H groups in total. The van der Waals surface area contributed by atoms with Crippen LogP contribution >= 0.6 is 0 Å². The minimum absolute atomic E-state index is 0.0398. The number of amides is 2. The second kappa shape index (κ2) is 8.47. The number of carbonyl (C=O) groups excluding carboxylic acids is 2. The van der Waals surface area contributed by atoms with E-state index in [1.54, 1.807) is 6.92 Å². The molecule has 160 valence electrons. The fourth-order valence-electron chi connectivity index (χ4n) is 3.35. The van der Waals surface area contributed by atoms with Crippen LogP contribution in [0.4, 0.5) is 23.7 Å². The number of halogens is 3. The maximum atomic E-state index is 13.2. The standard InChI is InChI=1S/C21H17F3N4O3/c1-3-16-17(19(29)31-2)18(12-7-8-14(10-25)26-11-12)27-20(30)28(16)15-6-4-5-13(9-15)21(22,23)24/h4-9,11,18H,3H2,1-2H3,(H,27,30)/t18-/m1/s1. The summed E-state index contributed by atoms with van der Waals surface area (Å²) >= 11 is 0. The first-order chi connectivity index (χ1) is 14.7. The van der Waals surface area contributed by atoms with Gasteiger partial charge in [-0.25, -0.2) is 14.6 Å². The SMILES string of the molecule is CCC1=C(C(=O)OC)[C@@H](c2ccc(C#N)nc2)NC(=O)N1c1cccc(C(F)(F)F)c1. The Balaban J connectivity index is 2.18. The van der Waals surface area contributed by atoms with Gasteiger partial charge in [-0.1, -0.05) is 19.1 Å². The average Bonchev–Trinajstić information content (AvgIpc) is 2.77. The Bertz CT molecular complexity index is 1090. The zero-order chi connectivity index (χ0) is 22.8. The molecule has 0 fully saturated rings. The lowest BCUT2D eigenvalue weighted by molar-refractivity contribution is -0.138. The van der Waals surface area contributed by atoms with Crippen molar-refractivity contribution >= 4 is 17.7 Å². The Hall–Kier alpha value is -3.87. The normalized spacial score (nSPS) is 16.6. The molecule has 1 aromatic heterocycles. The van der Waals surface area contributed by atoms with Crippen molar-refractivity contribution in [2.75, 3.05) is 12.0 Å². The first-order valence-corrected chi connectivity index (χ1v) is 9.16. The van der Waals surface area contributed by atoms with Gasteiger partial charge >= 0.3 is 18.2 Å². The number of urea groups is 1. The minimum atomic E-state index is -4.60. The topological polar surface area (TPSA) is 95.3 Å². The molecule has 2 amide bonds. The van der Waals surface area contributed by atoms with Gasteiger partial charge in [-0.15, -0.1) is 0 Å². The molecule has 1 aliphatic rings. The molecule has 10 heteroatoms. The molecule has 0 spiro atoms. The summed E-state index contributed by atoms with van der Waals surface area (Å²) in [5.74, 6) is -0.747. The highest BCUT2D eigenvalue weighted by atomic mass is 19.4. The van der Waals surface area contributed by atoms with Crippen LogP contribution in [0, 0.1) is 11.3 Å². The highest BCUT2D eigenvalue weighted by Gasteiger charge is 2.39. The van der Waals surface area contributed by atoms with Crippen LogP contribution in [0.3, 0.4) is 0 Å². The summed E-state index contributed by atoms with van der Waals surface area (Å²) in [6.45, 7) is 1.67. The van der Waals surface area contributed by atoms with Crippen molar-refractivity contribution in [2.24, 2.45) is 0 Å². The van der Waals surface area contributed by atoms with Crippen molar-refractivity contribution in [3.8, 4) is 6.07 Å². The first kappa shape index (κ1) is 21.8. The zero-order valence-electron chi connectivity index (χ0n) is 16.5. The number of nitrogens with one attached hydrogen (secondary N) is 1. The molecule has 3 rings (SSSR count). The Labute approximate surface area is 175 Å². The summed E-state index contributed by atoms with van der Waals surface area (Å²) in [7, 11) is 1.17. The maximum absolute atomic E-state index is 13.2. The number of hydrogen-bond acceptors (Lipinski definition) is 5. The van der Waals surface area contributed by atoms with Gasteiger partial charge in [-0.05, 0) is 36.2 Å². The van der Waals surface area contributed by atoms with Gasteiger partial charge in [0.25, 0.3) is 0 Å². The molecule has 0 bridgehead atoms. The third kappa shape index (κ3) is 4.21. The summed E-state index contributed by atoms with van der Waals surface area (Å²) in [6.07, 6.45) is -3.09. The lowest BCUT2D eigenvalue weighted by Gasteiger charge is -2.36. The Morgan fingerprint density at radius 2 is 2.06 bits per heavy atom. The van der Waals surface area contributed by atoms with E-state index in [0.29, 0.717) is 5.56 Å². The molecular formula is C21H17F3N4O3. The van der Waals surface area contributed by atoms with Crippen molar-refractivity contribution < 1.29 is 27.5 Å². The van der Waals surface area contributed by atoms with Crippen molar-refractivity contribution in [1.29, 1.82) is 5.26 Å². The van der Waals surface area contributed by atoms with Gasteiger partial charge in [0.1, 0.15) is 11.8 Å². The van der Waals surface area contributed by atoms with Gasteiger partial charge in [0.05, 0.1) is 30.0 Å². The highest BCUT2D eigenvalue weighted by molar-refractivity contribution is 6.03. The molecule has 2 aromatic rings. The molecule has 1 aromatic carbocycles. The number of benzene rings is 1. The van der Waals surface area contributed by atoms with Gasteiger partial charge in [0.2, 0.25) is 0 Å². The molecule has 31 heavy (non-hydrogen) atoms. The second-order valence-corrected chi connectivity index (χ2v) is 6.56. The highest BCUT2D eigenvalue weighted by Crippen LogP contribution is 2.37. The predicted molar refractivity (Wildman–Crippen MR) is 103 cm³/mol. The lowest BCUT2D eigenvalue weighted by atomic mass is 9.94. The van der Waals surface area contributed by atoms with Crippen LogP contribution in [0.15, 0.2) is 53.9 Å². The average molecular weight is 430 g/mol. The van der Waals surface area contributed by atoms with Crippen LogP contribution in [0.5, 0.6) is 0 Å². The fourth-order valence-corrected chi connectivity index (χ4v) is 3.35. The molecule has 7 nitrogen and oxygen atoms in total. The number of nitriles is 1. The molecule has 1 aliphatic heterocycles. The number of rotatable bonds is 4. The number of hydrogen-bond donors (Lipinski definition) is 1. The van der Waals surface area contributed by atoms with E-state index in [1.165, 1.54) is 37.6 Å². The van der Waals surface area contributed by atoms with E-state index in [-0.39, 0.29) is 29.1 Å². The fraction of sp³-hybridized carbons (Fsp3) is 0.238. The molecule has 0 aliphatic carbocycles. The Morgan fingerprint density at radius 3 is 2.61 bits per heavy atom. The molecule has 0 radical (unpaired) electrons. The van der Waals surface area contributed by atoms with Crippen LogP contribution in [0.2, 0.25) is 0 Å². The third-order valence-corrected chi connectivity index (χ3v) is 4.75. The maximum Gasteiger partial charge on any atom is 0.416 e. The number of allylic oxidation sites excluding steroid dienone is 1. The number of carbonyl (C=O) groups is 2. The minimum Gasteiger partial charge on any atom is -0.466 e. The monoisotopic (exact) mass is 430 g/mol. The van der Waals surface area contributed by atoms with Gasteiger partial charge in [-0.2, -0.15) is 18.4 Å². The molecule has 0 saturated heterocycles. The predicted octanol–water partition coefficient (Wildman–Crippen LogP) is 4.08. The summed E-state index contributed by atoms with van der Waals surface area (Å²) in [6, 6.07) is 7.46. The van der Waals surface area contributed by atoms with Crippen LogP contribution in [0.1, 0.15) is 36.2 Å². The van der Waals surface area contributed by atoms with Crippen molar-refractivity contribution in [1.82, 2.24) is 10.3 Å². The number of alkyl halides is 3. The second-order valence-electron chi connectivity index (χ2n) is 6.56. The van der Waals surface area contributed by atoms with E-state index in [2.05, 4.69) is 10.3 Å². The molecule has 2 heterocycles. The largest absolute Gasteiger partial charge is 0.466 e. The quantitative estimate of drug-likeness (QED) is 0.738. The molecule has 0 saturated carbocycles. The van der Waals surface area contributed by atoms with Crippen molar-refractivity contribution in [2.45, 2.75) is 25.6 Å². The van der Waals surface area contributed by atoms with Crippen LogP contribution in [-0.4, -0.2) is 24.1 Å². The van der Waals surface area contributed by atoms with Crippen molar-refractivity contribution in [3.05, 3.63) is 70.7 Å². The van der Waals surface area contributed by atoms with E-state index in [9.17, 15) is 22.8 Å². The molecular weight excluding hydrogens is 413 g/mol. The number of nitrogens with zero attached hydrogens (tertiary/aromatic N) is 3. The van der Waals surface area contributed by atoms with Crippen molar-refractivity contribution in [3.63, 3.8) is 0 Å². The molecule has 0 unspecified atom stereocenters. The van der Waals surface area contributed by atoms with E-state index >= 15 is 0 Å². The third-order valence-electron chi connectivity index (χ3n) is 4.75. The van der Waals surface area contributed by atoms with E-state index in [0.717, 1.165) is 17.0 Å². The number of anilines is 1. The lowest BCUT2D eigenvalue weighted by Crippen LogP contribution is -2.48. The van der Waals surface area contributed by atoms with E-state index < -0.39 is 29.8 Å². The van der Waals surface area contributed by atoms with Crippen LogP contribution < -0.4 is 10.2 Å². The first-order valence-electron chi connectivity index (χ1n) is 9.16. The summed E-state index contributed by atoms with van der Waals surface area (Å²) in [5, 5.41) is 11.6. The van der Waals surface area contributed by atoms with Gasteiger partial charge in [0.15, 0.2) is 0 Å². The Morgan fingerprint density at radius 1 is 1.32 bits per heavy atom. The van der Waals surface area contributed by atoms with Gasteiger partial charge in [-0.3, -0.25) is 4.90 Å². The smallest absolute Gasteiger partial charge is 0.416 e. The Kier molecular flexibility index (Phi) is 5.97. The summed E-state index contributed by atoms with van der Waals surface area (Å²) in [4.78, 5) is 30.6. The van der Waals surface area contributed by atoms with Gasteiger partial charge < -0.3 is 10.1 Å². The summed E-state index contributed by atoms with van der Waals surface area (Å²) in [5.41, 5.74) is -0.135. The number of ether oxygens (including phenoxy) is 1. The van der Waals surface area contributed by atoms with Gasteiger partial charge in [0, 0.05) is 11.9 Å². The number of esters is 1. The van der Waals surface area contributed by atoms with E-state index in [1.807, 2.05) is 6.07 Å². The number of pyridine rings is 1. The number of methoxy groups -OCH3 is 1. The zero-order valence-corrected chi connectivity index (χ0v) is 16.5. The number of aromatic nitrogens is 1. The van der Waals surface area contributed by atoms with E-state index in [4.69, 9.17) is 10.00 Å². The summed E-state index contributed by atoms with van der Waals surface area (Å²) < 4.78 is 44.4. The van der Waals surface area contributed by atoms with Crippen LogP contribution in [-0.2, 0) is 15.7 Å². The molecule has 1 atom stereocenters. The van der Waals surface area contributed by atoms with Crippen LogP contribution in [0.25, 0.3) is 0 Å².